The molecule has 0 spiro atoms. The summed E-state index contributed by atoms with van der Waals surface area (Å²) in [6.07, 6.45) is 2.90. The minimum Gasteiger partial charge on any atom is -0.480 e. The van der Waals surface area contributed by atoms with Crippen LogP contribution in [0.25, 0.3) is 0 Å². The molecule has 33 nitrogen and oxygen atoms in total. The fraction of sp³-hybridized carbons (Fsp3) is 0.763. The van der Waals surface area contributed by atoms with E-state index in [0.717, 1.165) is 0 Å². The van der Waals surface area contributed by atoms with Crippen molar-refractivity contribution in [2.75, 3.05) is 72.2 Å². The summed E-state index contributed by atoms with van der Waals surface area (Å²) < 4.78 is 17.6. The molecule has 0 saturated carbocycles. The van der Waals surface area contributed by atoms with Gasteiger partial charge < -0.3 is 98.2 Å². The van der Waals surface area contributed by atoms with E-state index in [1.54, 1.807) is 62.3 Å². The summed E-state index contributed by atoms with van der Waals surface area (Å²) in [6.45, 7) is 16.5. The van der Waals surface area contributed by atoms with Gasteiger partial charge in [0.05, 0.1) is 62.3 Å². The van der Waals surface area contributed by atoms with Gasteiger partial charge in [0.2, 0.25) is 70.9 Å². The number of nitrogens with two attached hydrogens (primary N) is 2. The first-order valence-electron chi connectivity index (χ1n) is 31.4. The molecule has 4 fully saturated rings. The zero-order valence-electron chi connectivity index (χ0n) is 55.0. The standard InChI is InChI=1S/C59H100N16O17/c1-33(60)46(79)65-27-43(76)64-29-45(78)72-23-13-18-39(72)50(83)70-38(32-92-59(9,10)11)49(82)69-36(30-90-57(3,4)5)47(80)66-28-44(77)67-34(2)52(85)74-25-15-20-41(74)54(87)75-26-16-21-42(75)53(86)73-24-14-19-40(73)51(84)71-37(31-91-58(6,7)8)48(81)68-35(55(88)89)17-12-22-63-56(61)62/h33-42H,12-32,60H2,1-11H3,(H,64,76)(H,65,79)(H,66,80)(H,67,77)(H,68,81)(H,69,82)(H,70,83)(H,71,84)(H,88,89)(H4,61,62,63)/t33-,34-,35-,36-,37-,38-,39-,40-,41-,42-/m0/s1. The summed E-state index contributed by atoms with van der Waals surface area (Å²) in [5.41, 5.74) is 8.43. The Bertz CT molecular complexity index is 2680. The number of guanidine groups is 1. The number of carbonyl (C=O) groups is 13. The van der Waals surface area contributed by atoms with Gasteiger partial charge in [-0.3, -0.25) is 62.9 Å². The predicted octanol–water partition coefficient (Wildman–Crippen LogP) is -4.12. The predicted molar refractivity (Wildman–Crippen MR) is 331 cm³/mol. The van der Waals surface area contributed by atoms with Crippen molar-refractivity contribution in [1.82, 2.24) is 67.5 Å². The third kappa shape index (κ3) is 24.7. The van der Waals surface area contributed by atoms with E-state index in [-0.39, 0.29) is 90.4 Å². The van der Waals surface area contributed by atoms with E-state index in [0.29, 0.717) is 25.7 Å². The molecule has 4 rings (SSSR count). The van der Waals surface area contributed by atoms with Crippen molar-refractivity contribution in [3.63, 3.8) is 0 Å². The van der Waals surface area contributed by atoms with Crippen molar-refractivity contribution >= 4 is 82.8 Å². The number of carboxylic acids is 1. The number of rotatable bonds is 31. The summed E-state index contributed by atoms with van der Waals surface area (Å²) in [5.74, 6) is -9.83. The Labute approximate surface area is 536 Å². The highest BCUT2D eigenvalue weighted by Crippen LogP contribution is 2.29. The average Bonchev–Trinajstić information content (AvgIpc) is 1.63. The monoisotopic (exact) mass is 1300 g/mol. The minimum atomic E-state index is -1.45. The van der Waals surface area contributed by atoms with Gasteiger partial charge in [0.1, 0.15) is 54.4 Å². The van der Waals surface area contributed by atoms with Gasteiger partial charge >= 0.3 is 5.97 Å². The lowest BCUT2D eigenvalue weighted by Crippen LogP contribution is -2.60. The van der Waals surface area contributed by atoms with Crippen LogP contribution in [0.2, 0.25) is 0 Å². The van der Waals surface area contributed by atoms with Crippen molar-refractivity contribution in [1.29, 1.82) is 5.41 Å². The second-order valence-corrected chi connectivity index (χ2v) is 26.4. The van der Waals surface area contributed by atoms with E-state index in [1.807, 2.05) is 0 Å². The summed E-state index contributed by atoms with van der Waals surface area (Å²) in [5, 5.41) is 39.9. The molecule has 10 atom stereocenters. The zero-order valence-corrected chi connectivity index (χ0v) is 55.0. The molecule has 0 aliphatic carbocycles. The molecule has 33 heteroatoms. The van der Waals surface area contributed by atoms with Crippen LogP contribution in [0, 0.1) is 5.41 Å². The smallest absolute Gasteiger partial charge is 0.326 e. The molecule has 92 heavy (non-hydrogen) atoms. The third-order valence-electron chi connectivity index (χ3n) is 15.3. The average molecular weight is 1310 g/mol. The number of nitrogens with zero attached hydrogens (tertiary/aromatic N) is 4. The molecule has 15 N–H and O–H groups in total. The molecule has 518 valence electrons. The molecule has 0 radical (unpaired) electrons. The van der Waals surface area contributed by atoms with E-state index in [4.69, 9.17) is 31.1 Å². The number of carbonyl (C=O) groups excluding carboxylic acids is 12. The van der Waals surface area contributed by atoms with Crippen LogP contribution in [0.5, 0.6) is 0 Å². The number of nitrogens with one attached hydrogen (secondary N) is 10. The van der Waals surface area contributed by atoms with Gasteiger partial charge in [-0.25, -0.2) is 4.79 Å². The van der Waals surface area contributed by atoms with Crippen LogP contribution in [0.4, 0.5) is 0 Å². The van der Waals surface area contributed by atoms with Crippen molar-refractivity contribution in [3.05, 3.63) is 0 Å². The van der Waals surface area contributed by atoms with Crippen molar-refractivity contribution in [3.8, 4) is 0 Å². The second-order valence-electron chi connectivity index (χ2n) is 26.4. The normalized spacial score (nSPS) is 20.3. The Morgan fingerprint density at radius 3 is 1.37 bits per heavy atom. The molecular formula is C59H100N16O17. The maximum atomic E-state index is 14.5. The first kappa shape index (κ1) is 76.7. The van der Waals surface area contributed by atoms with Crippen molar-refractivity contribution in [2.45, 2.75) is 218 Å². The van der Waals surface area contributed by atoms with Gasteiger partial charge in [-0.2, -0.15) is 0 Å². The van der Waals surface area contributed by atoms with E-state index >= 15 is 0 Å². The van der Waals surface area contributed by atoms with E-state index < -0.39 is 180 Å². The highest BCUT2D eigenvalue weighted by molar-refractivity contribution is 5.99. The van der Waals surface area contributed by atoms with Crippen LogP contribution in [-0.4, -0.2) is 257 Å². The number of ether oxygens (including phenoxy) is 3. The quantitative estimate of drug-likeness (QED) is 0.0178. The fourth-order valence-corrected chi connectivity index (χ4v) is 10.6. The first-order chi connectivity index (χ1) is 42.9. The third-order valence-corrected chi connectivity index (χ3v) is 15.3. The molecule has 0 bridgehead atoms. The van der Waals surface area contributed by atoms with Crippen molar-refractivity contribution < 1.29 is 81.6 Å². The Kier molecular flexibility index (Phi) is 29.0. The molecule has 4 aliphatic rings. The van der Waals surface area contributed by atoms with Crippen LogP contribution >= 0.6 is 0 Å². The van der Waals surface area contributed by atoms with Crippen LogP contribution in [0.1, 0.15) is 140 Å². The van der Waals surface area contributed by atoms with Gasteiger partial charge in [-0.1, -0.05) is 0 Å². The molecule has 0 aromatic heterocycles. The number of hydrogen-bond acceptors (Lipinski definition) is 18. The Balaban J connectivity index is 1.38. The second kappa shape index (κ2) is 34.8. The number of aliphatic carboxylic acids is 1. The minimum absolute atomic E-state index is 0.0238. The maximum Gasteiger partial charge on any atom is 0.326 e. The van der Waals surface area contributed by atoms with Crippen LogP contribution < -0.4 is 59.3 Å². The van der Waals surface area contributed by atoms with E-state index in [9.17, 15) is 67.4 Å². The molecule has 0 unspecified atom stereocenters. The molecule has 0 aromatic rings. The summed E-state index contributed by atoms with van der Waals surface area (Å²) in [4.78, 5) is 181. The molecule has 4 saturated heterocycles. The first-order valence-corrected chi connectivity index (χ1v) is 31.4. The van der Waals surface area contributed by atoms with Gasteiger partial charge in [-0.05, 0) is 140 Å². The lowest BCUT2D eigenvalue weighted by molar-refractivity contribution is -0.151. The topological polar surface area (TPSA) is 467 Å². The SMILES string of the molecule is C[C@H](N)C(=O)NCC(=O)NCC(=O)N1CCC[C@H]1C(=O)N[C@@H](COC(C)(C)C)C(=O)N[C@@H](COC(C)(C)C)C(=O)NCC(=O)N[C@@H](C)C(=O)N1CCC[C@H]1C(=O)N1CCC[C@H]1C(=O)N1CCC[C@H]1C(=O)N[C@@H](COC(C)(C)C)C(=O)N[C@@H](CCCNC(=N)N)C(=O)O. The van der Waals surface area contributed by atoms with E-state index in [2.05, 4.69) is 47.9 Å². The Hall–Kier alpha value is -7.78. The number of amides is 12. The highest BCUT2D eigenvalue weighted by atomic mass is 16.5. The van der Waals surface area contributed by atoms with Gasteiger partial charge in [0.15, 0.2) is 5.96 Å². The summed E-state index contributed by atoms with van der Waals surface area (Å²) in [6, 6.07) is -11.7. The lowest BCUT2D eigenvalue weighted by atomic mass is 10.1. The highest BCUT2D eigenvalue weighted by Gasteiger charge is 2.47. The van der Waals surface area contributed by atoms with Gasteiger partial charge in [-0.15, -0.1) is 0 Å². The van der Waals surface area contributed by atoms with Crippen LogP contribution in [0.15, 0.2) is 0 Å². The van der Waals surface area contributed by atoms with Crippen LogP contribution in [0.3, 0.4) is 0 Å². The van der Waals surface area contributed by atoms with Crippen molar-refractivity contribution in [2.24, 2.45) is 11.5 Å². The maximum absolute atomic E-state index is 14.5. The largest absolute Gasteiger partial charge is 0.480 e. The molecule has 4 heterocycles. The number of likely N-dealkylation sites (tertiary alicyclic amines) is 4. The van der Waals surface area contributed by atoms with E-state index in [1.165, 1.54) is 33.4 Å². The van der Waals surface area contributed by atoms with Gasteiger partial charge in [0.25, 0.3) is 0 Å². The number of carboxylic acid groups (broad SMARTS) is 1. The molecule has 0 aromatic carbocycles. The summed E-state index contributed by atoms with van der Waals surface area (Å²) in [7, 11) is 0. The zero-order chi connectivity index (χ0) is 69.0. The Morgan fingerprint density at radius 1 is 0.500 bits per heavy atom. The summed E-state index contributed by atoms with van der Waals surface area (Å²) >= 11 is 0. The fourth-order valence-electron chi connectivity index (χ4n) is 10.6. The van der Waals surface area contributed by atoms with Gasteiger partial charge in [0, 0.05) is 32.7 Å². The lowest BCUT2D eigenvalue weighted by Gasteiger charge is -2.35. The number of hydrogen-bond donors (Lipinski definition) is 13. The van der Waals surface area contributed by atoms with Crippen LogP contribution in [-0.2, 0) is 76.5 Å². The molecular weight excluding hydrogens is 1200 g/mol. The molecule has 12 amide bonds. The Morgan fingerprint density at radius 2 is 0.902 bits per heavy atom. The molecule has 4 aliphatic heterocycles.